The van der Waals surface area contributed by atoms with E-state index in [4.69, 9.17) is 4.74 Å². The van der Waals surface area contributed by atoms with Crippen LogP contribution in [-0.2, 0) is 19.7 Å². The average Bonchev–Trinajstić information content (AvgIpc) is 3.38. The first-order valence-electron chi connectivity index (χ1n) is 13.5. The van der Waals surface area contributed by atoms with Gasteiger partial charge in [-0.3, -0.25) is 9.59 Å². The highest BCUT2D eigenvalue weighted by Gasteiger charge is 2.45. The summed E-state index contributed by atoms with van der Waals surface area (Å²) in [5, 5.41) is 12.4. The minimum Gasteiger partial charge on any atom is -0.481 e. The Labute approximate surface area is 219 Å². The molecule has 4 rings (SSSR count). The van der Waals surface area contributed by atoms with Crippen molar-refractivity contribution in [2.45, 2.75) is 76.9 Å². The van der Waals surface area contributed by atoms with Crippen LogP contribution in [0.25, 0.3) is 0 Å². The number of carbonyl (C=O) groups is 3. The van der Waals surface area contributed by atoms with Crippen molar-refractivity contribution in [1.29, 1.82) is 0 Å². The molecule has 0 radical (unpaired) electrons. The maximum absolute atomic E-state index is 13.8. The van der Waals surface area contributed by atoms with Gasteiger partial charge >= 0.3 is 11.9 Å². The van der Waals surface area contributed by atoms with Crippen LogP contribution in [0.4, 0.5) is 0 Å². The summed E-state index contributed by atoms with van der Waals surface area (Å²) in [7, 11) is 0. The van der Waals surface area contributed by atoms with Gasteiger partial charge in [0.1, 0.15) is 12.1 Å². The van der Waals surface area contributed by atoms with Gasteiger partial charge < -0.3 is 15.2 Å². The van der Waals surface area contributed by atoms with Crippen molar-refractivity contribution >= 4 is 17.8 Å². The topological polar surface area (TPSA) is 92.7 Å². The van der Waals surface area contributed by atoms with E-state index in [0.29, 0.717) is 30.7 Å². The van der Waals surface area contributed by atoms with Gasteiger partial charge in [0.2, 0.25) is 0 Å². The summed E-state index contributed by atoms with van der Waals surface area (Å²) in [6.45, 7) is 6.62. The van der Waals surface area contributed by atoms with Crippen LogP contribution in [0.15, 0.2) is 60.7 Å². The smallest absolute Gasteiger partial charge is 0.329 e. The summed E-state index contributed by atoms with van der Waals surface area (Å²) in [5.41, 5.74) is 1.48. The van der Waals surface area contributed by atoms with Gasteiger partial charge in [0.25, 0.3) is 5.91 Å². The summed E-state index contributed by atoms with van der Waals surface area (Å²) in [4.78, 5) is 38.4. The fourth-order valence-electron chi connectivity index (χ4n) is 6.32. The molecule has 37 heavy (non-hydrogen) atoms. The summed E-state index contributed by atoms with van der Waals surface area (Å²) in [5.74, 6) is -1.87. The first-order chi connectivity index (χ1) is 17.7. The van der Waals surface area contributed by atoms with E-state index in [9.17, 15) is 19.5 Å². The third kappa shape index (κ3) is 6.23. The molecule has 2 aliphatic rings. The Balaban J connectivity index is 1.56. The molecule has 2 N–H and O–H groups in total. The van der Waals surface area contributed by atoms with Crippen molar-refractivity contribution in [3.05, 3.63) is 71.8 Å². The molecule has 6 heteroatoms. The highest BCUT2D eigenvalue weighted by Crippen LogP contribution is 2.44. The van der Waals surface area contributed by atoms with E-state index in [2.05, 4.69) is 38.2 Å². The molecule has 0 bridgehead atoms. The number of hydrogen-bond acceptors (Lipinski definition) is 4. The Hall–Kier alpha value is -3.15. The van der Waals surface area contributed by atoms with Crippen LogP contribution >= 0.6 is 0 Å². The van der Waals surface area contributed by atoms with Crippen molar-refractivity contribution in [2.24, 2.45) is 23.7 Å². The molecule has 0 spiro atoms. The fraction of sp³-hybridized carbons (Fsp3) is 0.516. The summed E-state index contributed by atoms with van der Waals surface area (Å²) < 4.78 is 6.29. The second-order valence-corrected chi connectivity index (χ2v) is 11.5. The Kier molecular flexibility index (Phi) is 8.35. The van der Waals surface area contributed by atoms with Gasteiger partial charge in [0, 0.05) is 11.5 Å². The molecular weight excluding hydrogens is 466 g/mol. The first kappa shape index (κ1) is 26.9. The largest absolute Gasteiger partial charge is 0.481 e. The summed E-state index contributed by atoms with van der Waals surface area (Å²) in [6, 6.07) is 18.2. The molecule has 6 nitrogen and oxygen atoms in total. The van der Waals surface area contributed by atoms with Crippen molar-refractivity contribution in [1.82, 2.24) is 5.32 Å². The van der Waals surface area contributed by atoms with Gasteiger partial charge in [-0.05, 0) is 67.1 Å². The number of aliphatic carboxylic acids is 1. The average molecular weight is 506 g/mol. The van der Waals surface area contributed by atoms with Gasteiger partial charge in [-0.2, -0.15) is 0 Å². The zero-order chi connectivity index (χ0) is 26.6. The maximum Gasteiger partial charge on any atom is 0.329 e. The number of nitrogens with one attached hydrogen (secondary N) is 1. The normalized spacial score (nSPS) is 26.7. The SMILES string of the molecule is C[C@@H]1CC[C@@H](C(C)(C)c2ccccc2)[C@H](OC(=O)C(NC(=O)c2ccccc2)[C@@H]2CC[C@H](C(=O)O)C2)C1. The van der Waals surface area contributed by atoms with Crippen LogP contribution in [0.5, 0.6) is 0 Å². The zero-order valence-corrected chi connectivity index (χ0v) is 22.1. The highest BCUT2D eigenvalue weighted by atomic mass is 16.5. The van der Waals surface area contributed by atoms with Crippen LogP contribution in [0, 0.1) is 23.7 Å². The molecule has 198 valence electrons. The summed E-state index contributed by atoms with van der Waals surface area (Å²) in [6.07, 6.45) is 3.93. The lowest BCUT2D eigenvalue weighted by Crippen LogP contribution is -2.50. The number of carboxylic acid groups (broad SMARTS) is 1. The van der Waals surface area contributed by atoms with Crippen molar-refractivity contribution in [3.8, 4) is 0 Å². The van der Waals surface area contributed by atoms with Crippen LogP contribution in [0.3, 0.4) is 0 Å². The zero-order valence-electron chi connectivity index (χ0n) is 22.1. The molecule has 1 amide bonds. The number of esters is 1. The lowest BCUT2D eigenvalue weighted by molar-refractivity contribution is -0.160. The molecule has 0 saturated heterocycles. The molecule has 2 fully saturated rings. The highest BCUT2D eigenvalue weighted by molar-refractivity contribution is 5.96. The lowest BCUT2D eigenvalue weighted by atomic mass is 9.64. The summed E-state index contributed by atoms with van der Waals surface area (Å²) >= 11 is 0. The number of benzene rings is 2. The Bertz CT molecular complexity index is 1080. The minimum atomic E-state index is -0.880. The Morgan fingerprint density at radius 2 is 1.57 bits per heavy atom. The van der Waals surface area contributed by atoms with Crippen LogP contribution < -0.4 is 5.32 Å². The maximum atomic E-state index is 13.8. The van der Waals surface area contributed by atoms with Gasteiger partial charge in [0.15, 0.2) is 0 Å². The monoisotopic (exact) mass is 505 g/mol. The van der Waals surface area contributed by atoms with E-state index in [0.717, 1.165) is 19.3 Å². The van der Waals surface area contributed by atoms with E-state index in [-0.39, 0.29) is 29.3 Å². The Morgan fingerprint density at radius 3 is 2.19 bits per heavy atom. The van der Waals surface area contributed by atoms with E-state index in [1.807, 2.05) is 24.3 Å². The third-order valence-electron chi connectivity index (χ3n) is 8.64. The van der Waals surface area contributed by atoms with Crippen molar-refractivity contribution in [3.63, 3.8) is 0 Å². The van der Waals surface area contributed by atoms with Gasteiger partial charge in [-0.25, -0.2) is 4.79 Å². The van der Waals surface area contributed by atoms with Gasteiger partial charge in [-0.1, -0.05) is 75.7 Å². The lowest BCUT2D eigenvalue weighted by Gasteiger charge is -2.44. The number of carbonyl (C=O) groups excluding carboxylic acids is 2. The van der Waals surface area contributed by atoms with E-state index < -0.39 is 23.9 Å². The predicted molar refractivity (Wildman–Crippen MR) is 142 cm³/mol. The molecule has 2 aromatic rings. The second-order valence-electron chi connectivity index (χ2n) is 11.5. The molecule has 0 aliphatic heterocycles. The molecule has 2 aromatic carbocycles. The Morgan fingerprint density at radius 1 is 0.919 bits per heavy atom. The van der Waals surface area contributed by atoms with E-state index in [1.54, 1.807) is 24.3 Å². The molecule has 1 unspecified atom stereocenters. The van der Waals surface area contributed by atoms with Crippen LogP contribution in [0.2, 0.25) is 0 Å². The van der Waals surface area contributed by atoms with Crippen LogP contribution in [-0.4, -0.2) is 35.1 Å². The first-order valence-corrected chi connectivity index (χ1v) is 13.5. The molecule has 0 heterocycles. The van der Waals surface area contributed by atoms with Crippen molar-refractivity contribution in [2.75, 3.05) is 0 Å². The minimum absolute atomic E-state index is 0.135. The second kappa shape index (κ2) is 11.5. The van der Waals surface area contributed by atoms with Gasteiger partial charge in [-0.15, -0.1) is 0 Å². The molecular formula is C31H39NO5. The molecule has 0 aromatic heterocycles. The third-order valence-corrected chi connectivity index (χ3v) is 8.64. The number of rotatable bonds is 8. The van der Waals surface area contributed by atoms with Crippen LogP contribution in [0.1, 0.15) is 75.2 Å². The van der Waals surface area contributed by atoms with E-state index >= 15 is 0 Å². The van der Waals surface area contributed by atoms with E-state index in [1.165, 1.54) is 5.56 Å². The molecule has 6 atom stereocenters. The quantitative estimate of drug-likeness (QED) is 0.455. The number of hydrogen-bond donors (Lipinski definition) is 2. The fourth-order valence-corrected chi connectivity index (χ4v) is 6.32. The predicted octanol–water partition coefficient (Wildman–Crippen LogP) is 5.61. The number of carboxylic acids is 1. The van der Waals surface area contributed by atoms with Crippen molar-refractivity contribution < 1.29 is 24.2 Å². The number of ether oxygens (including phenoxy) is 1. The number of amides is 1. The molecule has 2 saturated carbocycles. The standard InChI is InChI=1S/C31H39NO5/c1-20-14-17-25(31(2,3)24-12-8-5-9-13-24)26(18-20)37-30(36)27(22-15-16-23(19-22)29(34)35)32-28(33)21-10-6-4-7-11-21/h4-13,20,22-23,25-27H,14-19H2,1-3H3,(H,32,33)(H,34,35)/t20-,22-,23+,25-,26-,27?/m1/s1. The molecule has 2 aliphatic carbocycles. The van der Waals surface area contributed by atoms with Gasteiger partial charge in [0.05, 0.1) is 5.92 Å².